The fourth-order valence-electron chi connectivity index (χ4n) is 2.17. The highest BCUT2D eigenvalue weighted by atomic mass is 32.2. The van der Waals surface area contributed by atoms with Crippen LogP contribution in [0.4, 0.5) is 8.78 Å². The van der Waals surface area contributed by atoms with E-state index in [9.17, 15) is 17.2 Å². The van der Waals surface area contributed by atoms with Gasteiger partial charge in [0.05, 0.1) is 0 Å². The van der Waals surface area contributed by atoms with Crippen molar-refractivity contribution in [1.82, 2.24) is 4.31 Å². The minimum Gasteiger partial charge on any atom is -0.207 e. The van der Waals surface area contributed by atoms with E-state index in [1.54, 1.807) is 0 Å². The van der Waals surface area contributed by atoms with E-state index >= 15 is 0 Å². The Morgan fingerprint density at radius 2 is 1.78 bits per heavy atom. The third-order valence-electron chi connectivity index (χ3n) is 3.34. The van der Waals surface area contributed by atoms with Crippen LogP contribution < -0.4 is 0 Å². The number of hydrogen-bond donors (Lipinski definition) is 0. The molecule has 2 aromatic carbocycles. The number of nitrogens with zero attached hydrogens (tertiary/aromatic N) is 1. The van der Waals surface area contributed by atoms with E-state index in [1.165, 1.54) is 6.08 Å². The number of benzene rings is 2. The fraction of sp³-hybridized carbons (Fsp3) is 0.176. The largest absolute Gasteiger partial charge is 0.246 e. The first-order chi connectivity index (χ1) is 10.9. The first-order valence-corrected chi connectivity index (χ1v) is 8.49. The minimum atomic E-state index is -4.14. The van der Waals surface area contributed by atoms with Crippen LogP contribution in [0, 0.1) is 11.6 Å². The zero-order valence-electron chi connectivity index (χ0n) is 12.5. The van der Waals surface area contributed by atoms with Crippen LogP contribution in [0.2, 0.25) is 0 Å². The third kappa shape index (κ3) is 4.24. The molecular weight excluding hydrogens is 320 g/mol. The van der Waals surface area contributed by atoms with Crippen molar-refractivity contribution in [3.8, 4) is 0 Å². The normalized spacial score (nSPS) is 11.6. The van der Waals surface area contributed by atoms with Crippen molar-refractivity contribution < 1.29 is 17.2 Å². The summed E-state index contributed by atoms with van der Waals surface area (Å²) < 4.78 is 53.4. The summed E-state index contributed by atoms with van der Waals surface area (Å²) in [6.45, 7) is 3.69. The van der Waals surface area contributed by atoms with Gasteiger partial charge in [-0.05, 0) is 30.2 Å². The van der Waals surface area contributed by atoms with Gasteiger partial charge in [-0.25, -0.2) is 17.2 Å². The Morgan fingerprint density at radius 1 is 1.09 bits per heavy atom. The monoisotopic (exact) mass is 337 g/mol. The van der Waals surface area contributed by atoms with Gasteiger partial charge in [0.2, 0.25) is 10.0 Å². The van der Waals surface area contributed by atoms with Gasteiger partial charge >= 0.3 is 0 Å². The molecule has 0 N–H and O–H groups in total. The maximum absolute atomic E-state index is 13.8. The van der Waals surface area contributed by atoms with Gasteiger partial charge in [0, 0.05) is 13.1 Å². The average molecular weight is 337 g/mol. The van der Waals surface area contributed by atoms with E-state index in [4.69, 9.17) is 0 Å². The molecule has 0 bridgehead atoms. The molecule has 0 atom stereocenters. The van der Waals surface area contributed by atoms with E-state index in [0.717, 1.165) is 22.0 Å². The van der Waals surface area contributed by atoms with E-state index in [0.29, 0.717) is 12.5 Å². The summed E-state index contributed by atoms with van der Waals surface area (Å²) in [5.41, 5.74) is 0.955. The lowest BCUT2D eigenvalue weighted by atomic mass is 10.1. The van der Waals surface area contributed by atoms with Crippen molar-refractivity contribution in [3.63, 3.8) is 0 Å². The van der Waals surface area contributed by atoms with Crippen LogP contribution in [0.1, 0.15) is 5.56 Å². The smallest absolute Gasteiger partial charge is 0.207 e. The highest BCUT2D eigenvalue weighted by molar-refractivity contribution is 7.89. The zero-order valence-corrected chi connectivity index (χ0v) is 13.3. The second kappa shape index (κ2) is 7.48. The van der Waals surface area contributed by atoms with Crippen LogP contribution in [0.15, 0.2) is 66.1 Å². The summed E-state index contributed by atoms with van der Waals surface area (Å²) in [7, 11) is -4.14. The quantitative estimate of drug-likeness (QED) is 0.726. The van der Waals surface area contributed by atoms with Crippen LogP contribution in [-0.2, 0) is 16.4 Å². The molecule has 0 aliphatic carbocycles. The standard InChI is InChI=1S/C17H17F2NO2S/c1-2-11-20(12-10-14-6-4-3-5-7-14)23(21,22)17-13-15(18)8-9-16(17)19/h2-9,13H,1,10-12H2. The molecular formula is C17H17F2NO2S. The summed E-state index contributed by atoms with van der Waals surface area (Å²) in [5, 5.41) is 0. The number of hydrogen-bond acceptors (Lipinski definition) is 2. The van der Waals surface area contributed by atoms with E-state index in [-0.39, 0.29) is 13.1 Å². The second-order valence-corrected chi connectivity index (χ2v) is 6.87. The third-order valence-corrected chi connectivity index (χ3v) is 5.22. The molecule has 0 saturated carbocycles. The van der Waals surface area contributed by atoms with Crippen LogP contribution in [0.3, 0.4) is 0 Å². The van der Waals surface area contributed by atoms with Crippen LogP contribution in [0.25, 0.3) is 0 Å². The van der Waals surface area contributed by atoms with Crippen LogP contribution in [0.5, 0.6) is 0 Å². The van der Waals surface area contributed by atoms with Crippen molar-refractivity contribution in [1.29, 1.82) is 0 Å². The fourth-order valence-corrected chi connectivity index (χ4v) is 3.65. The summed E-state index contributed by atoms with van der Waals surface area (Å²) >= 11 is 0. The van der Waals surface area contributed by atoms with Crippen molar-refractivity contribution in [3.05, 3.63) is 78.4 Å². The zero-order chi connectivity index (χ0) is 16.9. The molecule has 0 aliphatic heterocycles. The first kappa shape index (κ1) is 17.3. The van der Waals surface area contributed by atoms with Gasteiger partial charge in [0.15, 0.2) is 0 Å². The van der Waals surface area contributed by atoms with Crippen molar-refractivity contribution in [2.45, 2.75) is 11.3 Å². The lowest BCUT2D eigenvalue weighted by Crippen LogP contribution is -2.33. The van der Waals surface area contributed by atoms with Gasteiger partial charge in [-0.1, -0.05) is 36.4 Å². The number of rotatable bonds is 7. The lowest BCUT2D eigenvalue weighted by Gasteiger charge is -2.21. The molecule has 2 rings (SSSR count). The topological polar surface area (TPSA) is 37.4 Å². The Bertz CT molecular complexity index is 776. The van der Waals surface area contributed by atoms with Gasteiger partial charge in [-0.3, -0.25) is 0 Å². The van der Waals surface area contributed by atoms with Gasteiger partial charge in [0.1, 0.15) is 16.5 Å². The maximum atomic E-state index is 13.8. The Labute approximate surface area is 134 Å². The molecule has 0 aliphatic rings. The van der Waals surface area contributed by atoms with Crippen LogP contribution in [-0.4, -0.2) is 25.8 Å². The molecule has 0 heterocycles. The molecule has 0 amide bonds. The van der Waals surface area contributed by atoms with Gasteiger partial charge < -0.3 is 0 Å². The van der Waals surface area contributed by atoms with E-state index in [2.05, 4.69) is 6.58 Å². The molecule has 0 spiro atoms. The molecule has 3 nitrogen and oxygen atoms in total. The second-order valence-electron chi connectivity index (χ2n) is 4.96. The molecule has 6 heteroatoms. The molecule has 2 aromatic rings. The van der Waals surface area contributed by atoms with Crippen molar-refractivity contribution in [2.24, 2.45) is 0 Å². The number of halogens is 2. The molecule has 0 unspecified atom stereocenters. The Balaban J connectivity index is 2.28. The van der Waals surface area contributed by atoms with Gasteiger partial charge in [-0.2, -0.15) is 4.31 Å². The van der Waals surface area contributed by atoms with E-state index in [1.807, 2.05) is 30.3 Å². The van der Waals surface area contributed by atoms with Gasteiger partial charge in [-0.15, -0.1) is 6.58 Å². The summed E-state index contributed by atoms with van der Waals surface area (Å²) in [5.74, 6) is -1.77. The summed E-state index contributed by atoms with van der Waals surface area (Å²) in [4.78, 5) is -0.660. The SMILES string of the molecule is C=CCN(CCc1ccccc1)S(=O)(=O)c1cc(F)ccc1F. The number of sulfonamides is 1. The Morgan fingerprint density at radius 3 is 2.43 bits per heavy atom. The molecule has 0 radical (unpaired) electrons. The molecule has 0 aromatic heterocycles. The predicted octanol–water partition coefficient (Wildman–Crippen LogP) is 3.38. The molecule has 0 fully saturated rings. The summed E-state index contributed by atoms with van der Waals surface area (Å²) in [6.07, 6.45) is 1.88. The minimum absolute atomic E-state index is 0.0190. The highest BCUT2D eigenvalue weighted by Crippen LogP contribution is 2.21. The Hall–Kier alpha value is -2.05. The Kier molecular flexibility index (Phi) is 5.63. The summed E-state index contributed by atoms with van der Waals surface area (Å²) in [6, 6.07) is 11.7. The molecule has 23 heavy (non-hydrogen) atoms. The van der Waals surface area contributed by atoms with Crippen molar-refractivity contribution in [2.75, 3.05) is 13.1 Å². The first-order valence-electron chi connectivity index (χ1n) is 7.05. The van der Waals surface area contributed by atoms with Crippen molar-refractivity contribution >= 4 is 10.0 Å². The maximum Gasteiger partial charge on any atom is 0.246 e. The van der Waals surface area contributed by atoms with Crippen LogP contribution >= 0.6 is 0 Å². The highest BCUT2D eigenvalue weighted by Gasteiger charge is 2.27. The molecule has 122 valence electrons. The van der Waals surface area contributed by atoms with Gasteiger partial charge in [0.25, 0.3) is 0 Å². The lowest BCUT2D eigenvalue weighted by molar-refractivity contribution is 0.439. The average Bonchev–Trinajstić information content (AvgIpc) is 2.54. The predicted molar refractivity (Wildman–Crippen MR) is 85.5 cm³/mol. The van der Waals surface area contributed by atoms with E-state index < -0.39 is 26.6 Å². The molecule has 0 saturated heterocycles.